The van der Waals surface area contributed by atoms with Crippen LogP contribution in [0.1, 0.15) is 17.0 Å². The fraction of sp³-hybridized carbons (Fsp3) is 0.267. The molecule has 2 heterocycles. The van der Waals surface area contributed by atoms with E-state index in [1.165, 1.54) is 27.4 Å². The van der Waals surface area contributed by atoms with Crippen molar-refractivity contribution in [1.82, 2.24) is 9.55 Å². The third-order valence-electron chi connectivity index (χ3n) is 3.44. The van der Waals surface area contributed by atoms with E-state index < -0.39 is 0 Å². The van der Waals surface area contributed by atoms with Crippen molar-refractivity contribution in [2.75, 3.05) is 0 Å². The number of aromatic nitrogens is 2. The maximum absolute atomic E-state index is 4.56. The van der Waals surface area contributed by atoms with Gasteiger partial charge in [0.1, 0.15) is 0 Å². The summed E-state index contributed by atoms with van der Waals surface area (Å²) in [6.45, 7) is 6.27. The van der Waals surface area contributed by atoms with Gasteiger partial charge in [-0.2, -0.15) is 0 Å². The van der Waals surface area contributed by atoms with Crippen LogP contribution in [0, 0.1) is 20.8 Å². The Bertz CT molecular complexity index is 736. The number of hydrogen-bond acceptors (Lipinski definition) is 1. The summed E-state index contributed by atoms with van der Waals surface area (Å²) in [5.41, 5.74) is 6.02. The number of fused-ring (bicyclic) bond motifs is 3. The minimum absolute atomic E-state index is 1.09. The maximum atomic E-state index is 4.56. The zero-order chi connectivity index (χ0) is 12.2. The Morgan fingerprint density at radius 3 is 2.53 bits per heavy atom. The molecule has 0 aliphatic carbocycles. The highest BCUT2D eigenvalue weighted by atomic mass is 15.0. The molecule has 0 saturated heterocycles. The van der Waals surface area contributed by atoms with E-state index in [0.717, 1.165) is 11.4 Å². The van der Waals surface area contributed by atoms with Crippen molar-refractivity contribution >= 4 is 21.8 Å². The zero-order valence-corrected chi connectivity index (χ0v) is 10.7. The molecular formula is C15H16N2. The first-order valence-corrected chi connectivity index (χ1v) is 5.91. The maximum Gasteiger partial charge on any atom is 0.0705 e. The predicted molar refractivity (Wildman–Crippen MR) is 72.4 cm³/mol. The van der Waals surface area contributed by atoms with Crippen LogP contribution in [0.25, 0.3) is 21.8 Å². The van der Waals surface area contributed by atoms with Gasteiger partial charge in [-0.1, -0.05) is 12.1 Å². The van der Waals surface area contributed by atoms with Crippen molar-refractivity contribution in [3.05, 3.63) is 41.2 Å². The Morgan fingerprint density at radius 2 is 1.76 bits per heavy atom. The first-order valence-electron chi connectivity index (χ1n) is 5.91. The van der Waals surface area contributed by atoms with Gasteiger partial charge in [0.05, 0.1) is 11.2 Å². The number of rotatable bonds is 0. The van der Waals surface area contributed by atoms with Crippen LogP contribution in [0.5, 0.6) is 0 Å². The highest BCUT2D eigenvalue weighted by molar-refractivity contribution is 6.08. The van der Waals surface area contributed by atoms with Crippen LogP contribution in [-0.2, 0) is 7.05 Å². The molecule has 0 fully saturated rings. The topological polar surface area (TPSA) is 17.8 Å². The molecule has 86 valence electrons. The van der Waals surface area contributed by atoms with E-state index in [0.29, 0.717) is 0 Å². The van der Waals surface area contributed by atoms with Crippen LogP contribution in [0.2, 0.25) is 0 Å². The van der Waals surface area contributed by atoms with Gasteiger partial charge in [-0.25, -0.2) is 0 Å². The Balaban J connectivity index is 2.63. The lowest BCUT2D eigenvalue weighted by atomic mass is 10.1. The largest absolute Gasteiger partial charge is 0.342 e. The van der Waals surface area contributed by atoms with Gasteiger partial charge in [-0.05, 0) is 38.5 Å². The van der Waals surface area contributed by atoms with Crippen molar-refractivity contribution in [2.45, 2.75) is 20.8 Å². The summed E-state index contributed by atoms with van der Waals surface area (Å²) < 4.78 is 2.25. The zero-order valence-electron chi connectivity index (χ0n) is 10.7. The molecule has 2 nitrogen and oxygen atoms in total. The van der Waals surface area contributed by atoms with Crippen LogP contribution in [-0.4, -0.2) is 9.55 Å². The molecule has 3 aromatic rings. The Kier molecular flexibility index (Phi) is 2.02. The summed E-state index contributed by atoms with van der Waals surface area (Å²) in [4.78, 5) is 4.56. The standard InChI is InChI=1S/C15H16N2/c1-9-5-6-12-13-8-10(2)16-11(3)15(13)17(4)14(12)7-9/h5-8H,1-4H3. The minimum Gasteiger partial charge on any atom is -0.342 e. The summed E-state index contributed by atoms with van der Waals surface area (Å²) in [6, 6.07) is 8.81. The molecule has 0 saturated carbocycles. The van der Waals surface area contributed by atoms with Crippen LogP contribution in [0.15, 0.2) is 24.3 Å². The van der Waals surface area contributed by atoms with Gasteiger partial charge in [-0.15, -0.1) is 0 Å². The third kappa shape index (κ3) is 1.37. The van der Waals surface area contributed by atoms with E-state index in [1.807, 2.05) is 0 Å². The SMILES string of the molecule is Cc1ccc2c3cc(C)nc(C)c3n(C)c2c1. The second kappa shape index (κ2) is 3.33. The minimum atomic E-state index is 1.09. The molecule has 0 unspecified atom stereocenters. The average Bonchev–Trinajstić information content (AvgIpc) is 2.52. The number of aryl methyl sites for hydroxylation is 4. The molecule has 0 aliphatic heterocycles. The fourth-order valence-corrected chi connectivity index (χ4v) is 2.72. The summed E-state index contributed by atoms with van der Waals surface area (Å²) in [5, 5.41) is 2.63. The summed E-state index contributed by atoms with van der Waals surface area (Å²) in [5.74, 6) is 0. The van der Waals surface area contributed by atoms with Gasteiger partial charge in [0.15, 0.2) is 0 Å². The molecule has 3 rings (SSSR count). The molecule has 0 spiro atoms. The van der Waals surface area contributed by atoms with Crippen molar-refractivity contribution < 1.29 is 0 Å². The monoisotopic (exact) mass is 224 g/mol. The second-order valence-electron chi connectivity index (χ2n) is 4.82. The van der Waals surface area contributed by atoms with Crippen LogP contribution in [0.3, 0.4) is 0 Å². The number of pyridine rings is 1. The molecule has 0 atom stereocenters. The van der Waals surface area contributed by atoms with E-state index in [9.17, 15) is 0 Å². The summed E-state index contributed by atoms with van der Waals surface area (Å²) in [6.07, 6.45) is 0. The molecular weight excluding hydrogens is 208 g/mol. The lowest BCUT2D eigenvalue weighted by Crippen LogP contribution is -1.93. The lowest BCUT2D eigenvalue weighted by molar-refractivity contribution is 0.991. The fourth-order valence-electron chi connectivity index (χ4n) is 2.72. The van der Waals surface area contributed by atoms with Crippen molar-refractivity contribution in [1.29, 1.82) is 0 Å². The van der Waals surface area contributed by atoms with Crippen LogP contribution < -0.4 is 0 Å². The first-order chi connectivity index (χ1) is 8.08. The van der Waals surface area contributed by atoms with Crippen LogP contribution >= 0.6 is 0 Å². The van der Waals surface area contributed by atoms with Crippen LogP contribution in [0.4, 0.5) is 0 Å². The van der Waals surface area contributed by atoms with E-state index >= 15 is 0 Å². The van der Waals surface area contributed by atoms with Crippen molar-refractivity contribution in [3.63, 3.8) is 0 Å². The lowest BCUT2D eigenvalue weighted by Gasteiger charge is -2.02. The smallest absolute Gasteiger partial charge is 0.0705 e. The normalized spacial score (nSPS) is 11.5. The van der Waals surface area contributed by atoms with Crippen molar-refractivity contribution in [3.8, 4) is 0 Å². The van der Waals surface area contributed by atoms with Gasteiger partial charge in [0, 0.05) is 29.0 Å². The van der Waals surface area contributed by atoms with Gasteiger partial charge in [0.2, 0.25) is 0 Å². The van der Waals surface area contributed by atoms with E-state index in [4.69, 9.17) is 0 Å². The molecule has 1 aromatic carbocycles. The predicted octanol–water partition coefficient (Wildman–Crippen LogP) is 3.65. The number of benzene rings is 1. The molecule has 0 N–H and O–H groups in total. The Labute approximate surface area is 101 Å². The highest BCUT2D eigenvalue weighted by Crippen LogP contribution is 2.30. The van der Waals surface area contributed by atoms with Gasteiger partial charge >= 0.3 is 0 Å². The second-order valence-corrected chi connectivity index (χ2v) is 4.82. The molecule has 2 aromatic heterocycles. The summed E-state index contributed by atoms with van der Waals surface area (Å²) in [7, 11) is 2.12. The highest BCUT2D eigenvalue weighted by Gasteiger charge is 2.11. The van der Waals surface area contributed by atoms with Gasteiger partial charge < -0.3 is 4.57 Å². The number of hydrogen-bond donors (Lipinski definition) is 0. The molecule has 17 heavy (non-hydrogen) atoms. The van der Waals surface area contributed by atoms with E-state index in [-0.39, 0.29) is 0 Å². The van der Waals surface area contributed by atoms with E-state index in [2.05, 4.69) is 61.6 Å². The molecule has 0 radical (unpaired) electrons. The van der Waals surface area contributed by atoms with Gasteiger partial charge in [-0.3, -0.25) is 4.98 Å². The quantitative estimate of drug-likeness (QED) is 0.570. The molecule has 2 heteroatoms. The first kappa shape index (κ1) is 10.3. The molecule has 0 amide bonds. The Morgan fingerprint density at radius 1 is 1.00 bits per heavy atom. The van der Waals surface area contributed by atoms with E-state index in [1.54, 1.807) is 0 Å². The molecule has 0 bridgehead atoms. The number of nitrogens with zero attached hydrogens (tertiary/aromatic N) is 2. The molecule has 0 aliphatic rings. The average molecular weight is 224 g/mol. The third-order valence-corrected chi connectivity index (χ3v) is 3.44. The Hall–Kier alpha value is -1.83. The van der Waals surface area contributed by atoms with Crippen molar-refractivity contribution in [2.24, 2.45) is 7.05 Å². The van der Waals surface area contributed by atoms with Gasteiger partial charge in [0.25, 0.3) is 0 Å². The summed E-state index contributed by atoms with van der Waals surface area (Å²) >= 11 is 0.